The number of nitrogens with zero attached hydrogens (tertiary/aromatic N) is 3. The van der Waals surface area contributed by atoms with Crippen molar-refractivity contribution in [2.45, 2.75) is 19.5 Å². The lowest BCUT2D eigenvalue weighted by Gasteiger charge is -2.01. The molecule has 0 atom stereocenters. The SMILES string of the molecule is Cc1ccc(C(=O)Nc2ncc(C3=[N+](C)N=C(C(F)(F)F)C3)s2)cc1. The van der Waals surface area contributed by atoms with Gasteiger partial charge in [-0.2, -0.15) is 13.2 Å². The number of hydrogen-bond donors (Lipinski definition) is 1. The maximum Gasteiger partial charge on any atom is 0.435 e. The average molecular weight is 367 g/mol. The molecule has 1 aromatic heterocycles. The van der Waals surface area contributed by atoms with Crippen LogP contribution in [0.3, 0.4) is 0 Å². The van der Waals surface area contributed by atoms with Crippen LogP contribution < -0.4 is 5.32 Å². The third-order valence-corrected chi connectivity index (χ3v) is 4.61. The number of aryl methyl sites for hydroxylation is 1. The van der Waals surface area contributed by atoms with Crippen molar-refractivity contribution in [3.8, 4) is 0 Å². The van der Waals surface area contributed by atoms with E-state index in [1.165, 1.54) is 17.9 Å². The van der Waals surface area contributed by atoms with Crippen LogP contribution in [-0.4, -0.2) is 40.2 Å². The van der Waals surface area contributed by atoms with E-state index in [1.807, 2.05) is 19.1 Å². The summed E-state index contributed by atoms with van der Waals surface area (Å²) in [6.45, 7) is 1.92. The maximum atomic E-state index is 12.8. The van der Waals surface area contributed by atoms with Crippen LogP contribution in [0.1, 0.15) is 27.2 Å². The van der Waals surface area contributed by atoms with Crippen LogP contribution in [0, 0.1) is 6.92 Å². The summed E-state index contributed by atoms with van der Waals surface area (Å²) in [6, 6.07) is 7.04. The van der Waals surface area contributed by atoms with Gasteiger partial charge in [-0.05, 0) is 19.1 Å². The predicted octanol–water partition coefficient (Wildman–Crippen LogP) is 3.46. The quantitative estimate of drug-likeness (QED) is 0.845. The highest BCUT2D eigenvalue weighted by Crippen LogP contribution is 2.27. The summed E-state index contributed by atoms with van der Waals surface area (Å²) in [6.07, 6.45) is -3.33. The molecule has 0 bridgehead atoms. The third kappa shape index (κ3) is 3.76. The van der Waals surface area contributed by atoms with Crippen molar-refractivity contribution in [2.75, 3.05) is 12.4 Å². The summed E-state index contributed by atoms with van der Waals surface area (Å²) in [4.78, 5) is 16.8. The normalized spacial score (nSPS) is 14.7. The van der Waals surface area contributed by atoms with Gasteiger partial charge < -0.3 is 0 Å². The number of halogens is 3. The van der Waals surface area contributed by atoms with E-state index in [0.29, 0.717) is 21.3 Å². The number of benzene rings is 1. The highest BCUT2D eigenvalue weighted by Gasteiger charge is 2.44. The summed E-state index contributed by atoms with van der Waals surface area (Å²) in [7, 11) is 1.46. The Bertz CT molecular complexity index is 882. The molecule has 1 aliphatic rings. The first kappa shape index (κ1) is 17.3. The molecule has 5 nitrogen and oxygen atoms in total. The Morgan fingerprint density at radius 1 is 1.28 bits per heavy atom. The first-order valence-electron chi connectivity index (χ1n) is 7.32. The van der Waals surface area contributed by atoms with Gasteiger partial charge >= 0.3 is 6.18 Å². The largest absolute Gasteiger partial charge is 0.435 e. The van der Waals surface area contributed by atoms with Crippen LogP contribution >= 0.6 is 11.3 Å². The molecule has 1 amide bonds. The van der Waals surface area contributed by atoms with Crippen molar-refractivity contribution in [3.63, 3.8) is 0 Å². The zero-order valence-corrected chi connectivity index (χ0v) is 14.2. The highest BCUT2D eigenvalue weighted by molar-refractivity contribution is 7.17. The van der Waals surface area contributed by atoms with Crippen molar-refractivity contribution >= 4 is 33.8 Å². The lowest BCUT2D eigenvalue weighted by molar-refractivity contribution is -0.499. The second kappa shape index (κ2) is 6.40. The van der Waals surface area contributed by atoms with Gasteiger partial charge in [-0.1, -0.05) is 33.7 Å². The van der Waals surface area contributed by atoms with E-state index >= 15 is 0 Å². The fraction of sp³-hybridized carbons (Fsp3) is 0.250. The Morgan fingerprint density at radius 3 is 2.56 bits per heavy atom. The number of amides is 1. The van der Waals surface area contributed by atoms with E-state index in [1.54, 1.807) is 12.1 Å². The molecule has 0 aliphatic carbocycles. The van der Waals surface area contributed by atoms with Crippen LogP contribution in [0.2, 0.25) is 0 Å². The number of carbonyl (C=O) groups excluding carboxylic acids is 1. The average Bonchev–Trinajstić information content (AvgIpc) is 3.14. The van der Waals surface area contributed by atoms with Gasteiger partial charge in [0, 0.05) is 10.7 Å². The van der Waals surface area contributed by atoms with Gasteiger partial charge in [-0.15, -0.1) is 0 Å². The van der Waals surface area contributed by atoms with Gasteiger partial charge in [-0.25, -0.2) is 4.98 Å². The molecule has 1 aliphatic heterocycles. The van der Waals surface area contributed by atoms with Crippen molar-refractivity contribution in [1.29, 1.82) is 0 Å². The number of thiazole rings is 1. The molecule has 25 heavy (non-hydrogen) atoms. The summed E-state index contributed by atoms with van der Waals surface area (Å²) >= 11 is 1.11. The molecule has 9 heteroatoms. The molecular weight excluding hydrogens is 353 g/mol. The van der Waals surface area contributed by atoms with E-state index in [2.05, 4.69) is 15.4 Å². The molecule has 3 rings (SSSR count). The summed E-state index contributed by atoms with van der Waals surface area (Å²) in [5, 5.41) is 6.50. The van der Waals surface area contributed by atoms with Gasteiger partial charge in [0.15, 0.2) is 17.9 Å². The predicted molar refractivity (Wildman–Crippen MR) is 89.6 cm³/mol. The number of rotatable bonds is 3. The van der Waals surface area contributed by atoms with E-state index in [4.69, 9.17) is 0 Å². The summed E-state index contributed by atoms with van der Waals surface area (Å²) in [5.74, 6) is -0.321. The van der Waals surface area contributed by atoms with Crippen LogP contribution in [-0.2, 0) is 0 Å². The second-order valence-corrected chi connectivity index (χ2v) is 6.57. The Hall–Kier alpha value is -2.55. The number of aromatic nitrogens is 1. The molecular formula is C16H14F3N4OS+. The minimum Gasteiger partial charge on any atom is -0.298 e. The van der Waals surface area contributed by atoms with Gasteiger partial charge in [0.25, 0.3) is 5.91 Å². The first-order valence-corrected chi connectivity index (χ1v) is 8.14. The topological polar surface area (TPSA) is 57.4 Å². The minimum absolute atomic E-state index is 0.312. The summed E-state index contributed by atoms with van der Waals surface area (Å²) in [5.41, 5.74) is 1.08. The molecule has 0 saturated heterocycles. The lowest BCUT2D eigenvalue weighted by Crippen LogP contribution is -2.22. The van der Waals surface area contributed by atoms with Gasteiger partial charge in [-0.3, -0.25) is 10.1 Å². The van der Waals surface area contributed by atoms with Crippen molar-refractivity contribution in [3.05, 3.63) is 46.5 Å². The number of hydrogen-bond acceptors (Lipinski definition) is 4. The monoisotopic (exact) mass is 367 g/mol. The van der Waals surface area contributed by atoms with Crippen LogP contribution in [0.25, 0.3) is 0 Å². The van der Waals surface area contributed by atoms with E-state index in [0.717, 1.165) is 16.9 Å². The third-order valence-electron chi connectivity index (χ3n) is 3.65. The molecule has 1 N–H and O–H groups in total. The van der Waals surface area contributed by atoms with Gasteiger partial charge in [0.1, 0.15) is 4.88 Å². The number of hydrazone groups is 1. The number of carbonyl (C=O) groups is 1. The smallest absolute Gasteiger partial charge is 0.298 e. The van der Waals surface area contributed by atoms with Crippen LogP contribution in [0.4, 0.5) is 18.3 Å². The standard InChI is InChI=1S/C16H13F3N4OS/c1-9-3-5-10(6-4-9)14(24)21-15-20-8-12(25-15)11-7-13(16(17,18)19)22-23(11)2/h3-6,8H,7H2,1-2H3/p+1. The molecule has 0 fully saturated rings. The molecule has 0 radical (unpaired) electrons. The minimum atomic E-state index is -4.46. The van der Waals surface area contributed by atoms with E-state index < -0.39 is 11.9 Å². The van der Waals surface area contributed by atoms with Crippen LogP contribution in [0.5, 0.6) is 0 Å². The highest BCUT2D eigenvalue weighted by atomic mass is 32.1. The summed E-state index contributed by atoms with van der Waals surface area (Å²) < 4.78 is 39.5. The van der Waals surface area contributed by atoms with E-state index in [-0.39, 0.29) is 12.3 Å². The molecule has 2 aromatic rings. The van der Waals surface area contributed by atoms with Crippen LogP contribution in [0.15, 0.2) is 35.6 Å². The van der Waals surface area contributed by atoms with Crippen molar-refractivity contribution < 1.29 is 22.7 Å². The Balaban J connectivity index is 1.72. The van der Waals surface area contributed by atoms with Gasteiger partial charge in [0.05, 0.1) is 12.6 Å². The second-order valence-electron chi connectivity index (χ2n) is 5.54. The van der Waals surface area contributed by atoms with E-state index in [9.17, 15) is 18.0 Å². The molecule has 2 heterocycles. The number of anilines is 1. The number of alkyl halides is 3. The fourth-order valence-electron chi connectivity index (χ4n) is 2.29. The molecule has 1 aromatic carbocycles. The Morgan fingerprint density at radius 2 is 1.96 bits per heavy atom. The van der Waals surface area contributed by atoms with Crippen molar-refractivity contribution in [1.82, 2.24) is 4.98 Å². The zero-order chi connectivity index (χ0) is 18.2. The Labute approximate surface area is 145 Å². The lowest BCUT2D eigenvalue weighted by atomic mass is 10.1. The number of nitrogens with one attached hydrogen (secondary N) is 1. The molecule has 130 valence electrons. The van der Waals surface area contributed by atoms with Crippen molar-refractivity contribution in [2.24, 2.45) is 5.10 Å². The van der Waals surface area contributed by atoms with Gasteiger partial charge in [0.2, 0.25) is 5.71 Å². The first-order chi connectivity index (χ1) is 11.7. The molecule has 0 unspecified atom stereocenters. The maximum absolute atomic E-state index is 12.8. The molecule has 0 spiro atoms. The Kier molecular flexibility index (Phi) is 4.42. The molecule has 0 saturated carbocycles. The zero-order valence-electron chi connectivity index (χ0n) is 13.4. The fourth-order valence-corrected chi connectivity index (χ4v) is 3.18.